The fraction of sp³-hybridized carbons (Fsp3) is 0.472. The number of hydroxylamine groups is 2. The Morgan fingerprint density at radius 2 is 1.44 bits per heavy atom. The van der Waals surface area contributed by atoms with E-state index >= 15 is 0 Å². The second kappa shape index (κ2) is 15.8. The lowest BCUT2D eigenvalue weighted by molar-refractivity contribution is -0.193. The van der Waals surface area contributed by atoms with Crippen LogP contribution >= 0.6 is 0 Å². The summed E-state index contributed by atoms with van der Waals surface area (Å²) in [7, 11) is 0. The highest BCUT2D eigenvalue weighted by atomic mass is 16.7. The van der Waals surface area contributed by atoms with Crippen LogP contribution < -0.4 is 15.7 Å². The van der Waals surface area contributed by atoms with Gasteiger partial charge in [-0.2, -0.15) is 0 Å². The molecule has 16 nitrogen and oxygen atoms in total. The number of aryl methyl sites for hydroxylation is 1. The van der Waals surface area contributed by atoms with Gasteiger partial charge in [-0.15, -0.1) is 10.1 Å². The zero-order valence-corrected chi connectivity index (χ0v) is 30.9. The molecule has 0 unspecified atom stereocenters. The third kappa shape index (κ3) is 11.0. The number of carbonyl (C=O) groups is 5. The van der Waals surface area contributed by atoms with Gasteiger partial charge in [0.2, 0.25) is 11.7 Å². The van der Waals surface area contributed by atoms with Crippen molar-refractivity contribution >= 4 is 30.0 Å². The van der Waals surface area contributed by atoms with Gasteiger partial charge in [0.1, 0.15) is 35.0 Å². The number of ether oxygens (including phenoxy) is 4. The van der Waals surface area contributed by atoms with Crippen LogP contribution in [0.4, 0.5) is 9.59 Å². The van der Waals surface area contributed by atoms with Gasteiger partial charge in [-0.25, -0.2) is 24.2 Å². The number of carbonyl (C=O) groups excluding carboxylic acids is 5. The van der Waals surface area contributed by atoms with Crippen LogP contribution in [0.15, 0.2) is 60.0 Å². The number of hydrogen-bond donors (Lipinski definition) is 1. The monoisotopic (exact) mass is 722 g/mol. The van der Waals surface area contributed by atoms with Gasteiger partial charge in [0, 0.05) is 25.5 Å². The minimum atomic E-state index is -1.49. The lowest BCUT2D eigenvalue weighted by atomic mass is 10.1. The first-order valence-corrected chi connectivity index (χ1v) is 16.7. The second-order valence-electron chi connectivity index (χ2n) is 14.8. The van der Waals surface area contributed by atoms with Crippen molar-refractivity contribution in [1.29, 1.82) is 0 Å². The average molecular weight is 723 g/mol. The van der Waals surface area contributed by atoms with E-state index in [9.17, 15) is 24.0 Å². The molecule has 3 aromatic rings. The topological polar surface area (TPSA) is 182 Å². The summed E-state index contributed by atoms with van der Waals surface area (Å²) in [5, 5.41) is 3.24. The van der Waals surface area contributed by atoms with Gasteiger partial charge < -0.3 is 28.8 Å². The van der Waals surface area contributed by atoms with E-state index in [0.717, 1.165) is 0 Å². The van der Waals surface area contributed by atoms with E-state index in [-0.39, 0.29) is 22.5 Å². The number of hydrogen-bond acceptors (Lipinski definition) is 11. The molecule has 280 valence electrons. The Kier molecular flexibility index (Phi) is 11.9. The first-order chi connectivity index (χ1) is 24.2. The van der Waals surface area contributed by atoms with Crippen LogP contribution in [0.2, 0.25) is 0 Å². The Morgan fingerprint density at radius 1 is 0.827 bits per heavy atom. The number of amides is 4. The van der Waals surface area contributed by atoms with Crippen molar-refractivity contribution in [3.63, 3.8) is 0 Å². The van der Waals surface area contributed by atoms with E-state index in [2.05, 4.69) is 15.3 Å². The molecule has 0 spiro atoms. The number of pyridine rings is 1. The van der Waals surface area contributed by atoms with Crippen LogP contribution in [-0.2, 0) is 30.4 Å². The largest absolute Gasteiger partial charge is 0.489 e. The summed E-state index contributed by atoms with van der Waals surface area (Å²) in [4.78, 5) is 78.1. The van der Waals surface area contributed by atoms with E-state index in [1.807, 2.05) is 0 Å². The van der Waals surface area contributed by atoms with Crippen LogP contribution in [0, 0.1) is 0 Å². The van der Waals surface area contributed by atoms with E-state index < -0.39 is 59.5 Å². The molecule has 1 atom stereocenters. The number of imidazole rings is 1. The maximum absolute atomic E-state index is 13.1. The molecule has 3 heterocycles. The number of nitrogens with zero attached hydrogens (tertiary/aromatic N) is 5. The molecule has 4 amide bonds. The molecule has 1 aliphatic heterocycles. The fourth-order valence-corrected chi connectivity index (χ4v) is 4.68. The van der Waals surface area contributed by atoms with Crippen molar-refractivity contribution < 1.29 is 47.8 Å². The molecule has 0 saturated heterocycles. The molecule has 0 bridgehead atoms. The van der Waals surface area contributed by atoms with Crippen LogP contribution in [0.5, 0.6) is 5.75 Å². The van der Waals surface area contributed by atoms with Crippen LogP contribution in [-0.4, -0.2) is 85.2 Å². The molecule has 2 aromatic heterocycles. The zero-order valence-electron chi connectivity index (χ0n) is 30.9. The van der Waals surface area contributed by atoms with E-state index in [0.29, 0.717) is 30.4 Å². The minimum Gasteiger partial charge on any atom is -0.489 e. The SMILES string of the molecule is CC(C)(C)OC(=O)/N=c1\n(CCCNC(=O)OC(C)(C)C)ccn1-c1ccc(OC[C@H](ON2C(=O)c3ccccc3C2=O)C(=O)OC(C)(C)C)cn1. The fourth-order valence-electron chi connectivity index (χ4n) is 4.68. The molecule has 1 aliphatic rings. The highest BCUT2D eigenvalue weighted by Crippen LogP contribution is 2.24. The number of benzene rings is 1. The summed E-state index contributed by atoms with van der Waals surface area (Å²) in [6, 6.07) is 9.40. The molecule has 0 radical (unpaired) electrons. The highest BCUT2D eigenvalue weighted by Gasteiger charge is 2.40. The molecule has 4 rings (SSSR count). The predicted octanol–water partition coefficient (Wildman–Crippen LogP) is 4.74. The van der Waals surface area contributed by atoms with E-state index in [1.165, 1.54) is 18.3 Å². The molecule has 0 saturated carbocycles. The summed E-state index contributed by atoms with van der Waals surface area (Å²) >= 11 is 0. The number of alkyl carbamates (subject to hydrolysis) is 1. The molecule has 0 fully saturated rings. The average Bonchev–Trinajstić information content (AvgIpc) is 3.52. The maximum Gasteiger partial charge on any atom is 0.437 e. The number of nitrogens with one attached hydrogen (secondary N) is 1. The second-order valence-corrected chi connectivity index (χ2v) is 14.8. The van der Waals surface area contributed by atoms with Crippen molar-refractivity contribution in [1.82, 2.24) is 24.5 Å². The number of esters is 1. The number of aromatic nitrogens is 3. The van der Waals surface area contributed by atoms with E-state index in [4.69, 9.17) is 23.8 Å². The lowest BCUT2D eigenvalue weighted by Crippen LogP contribution is -2.43. The van der Waals surface area contributed by atoms with Crippen molar-refractivity contribution in [3.05, 3.63) is 71.7 Å². The Balaban J connectivity index is 1.51. The van der Waals surface area contributed by atoms with Gasteiger partial charge in [-0.05, 0) is 93.0 Å². The summed E-state index contributed by atoms with van der Waals surface area (Å²) in [6.07, 6.45) is 2.43. The third-order valence-corrected chi connectivity index (χ3v) is 6.72. The molecular weight excluding hydrogens is 676 g/mol. The molecule has 1 aromatic carbocycles. The lowest BCUT2D eigenvalue weighted by Gasteiger charge is -2.25. The Bertz CT molecular complexity index is 1820. The van der Waals surface area contributed by atoms with Crippen molar-refractivity contribution in [2.24, 2.45) is 4.99 Å². The van der Waals surface area contributed by atoms with Crippen molar-refractivity contribution in [2.75, 3.05) is 13.2 Å². The van der Waals surface area contributed by atoms with Gasteiger partial charge >= 0.3 is 18.2 Å². The Morgan fingerprint density at radius 3 is 2.00 bits per heavy atom. The van der Waals surface area contributed by atoms with Gasteiger partial charge in [-0.3, -0.25) is 14.2 Å². The van der Waals surface area contributed by atoms with Gasteiger partial charge in [-0.1, -0.05) is 12.1 Å². The smallest absolute Gasteiger partial charge is 0.437 e. The normalized spacial score (nSPS) is 14.2. The van der Waals surface area contributed by atoms with Gasteiger partial charge in [0.05, 0.1) is 17.3 Å². The molecule has 1 N–H and O–H groups in total. The van der Waals surface area contributed by atoms with Crippen molar-refractivity contribution in [2.45, 2.75) is 98.2 Å². The molecular formula is C36H46N6O10. The van der Waals surface area contributed by atoms with Crippen LogP contribution in [0.1, 0.15) is 89.5 Å². The summed E-state index contributed by atoms with van der Waals surface area (Å²) in [5.41, 5.74) is -1.79. The third-order valence-electron chi connectivity index (χ3n) is 6.72. The number of rotatable bonds is 11. The number of fused-ring (bicyclic) bond motifs is 1. The van der Waals surface area contributed by atoms with Crippen LogP contribution in [0.3, 0.4) is 0 Å². The van der Waals surface area contributed by atoms with Gasteiger partial charge in [0.25, 0.3) is 11.8 Å². The van der Waals surface area contributed by atoms with Crippen LogP contribution in [0.25, 0.3) is 5.82 Å². The molecule has 52 heavy (non-hydrogen) atoms. The highest BCUT2D eigenvalue weighted by molar-refractivity contribution is 6.20. The number of imide groups is 1. The molecule has 0 aliphatic carbocycles. The predicted molar refractivity (Wildman–Crippen MR) is 185 cm³/mol. The van der Waals surface area contributed by atoms with E-state index in [1.54, 1.807) is 108 Å². The molecule has 16 heteroatoms. The van der Waals surface area contributed by atoms with Crippen molar-refractivity contribution in [3.8, 4) is 11.6 Å². The maximum atomic E-state index is 13.1. The minimum absolute atomic E-state index is 0.151. The summed E-state index contributed by atoms with van der Waals surface area (Å²) in [5.74, 6) is -1.68. The first kappa shape index (κ1) is 39.3. The first-order valence-electron chi connectivity index (χ1n) is 16.7. The van der Waals surface area contributed by atoms with Gasteiger partial charge in [0.15, 0.2) is 0 Å². The summed E-state index contributed by atoms with van der Waals surface area (Å²) in [6.45, 7) is 15.8. The Labute approximate surface area is 301 Å². The zero-order chi connectivity index (χ0) is 38.4. The summed E-state index contributed by atoms with van der Waals surface area (Å²) < 4.78 is 25.3. The standard InChI is InChI=1S/C36H46N6O10/c1-34(2,3)49-30(45)26(52-42-28(43)24-13-10-11-14-25(24)29(42)44)22-48-23-15-16-27(38-21-23)41-20-19-40(31(41)39-33(47)51-36(7,8)9)18-12-17-37-32(46)50-35(4,5)6/h10-11,13-16,19-21,26H,12,17-18,22H2,1-9H3,(H,37,46)/b39-31+/t26-/m0/s1. The quantitative estimate of drug-likeness (QED) is 0.125. The Hall–Kier alpha value is -5.51.